The van der Waals surface area contributed by atoms with Gasteiger partial charge in [-0.1, -0.05) is 6.42 Å². The summed E-state index contributed by atoms with van der Waals surface area (Å²) in [6, 6.07) is 0.746. The van der Waals surface area contributed by atoms with Gasteiger partial charge < -0.3 is 9.80 Å². The molecule has 2 nitrogen and oxygen atoms in total. The highest BCUT2D eigenvalue weighted by Gasteiger charge is 2.23. The van der Waals surface area contributed by atoms with Crippen molar-refractivity contribution in [1.82, 2.24) is 9.80 Å². The Morgan fingerprint density at radius 1 is 0.938 bits per heavy atom. The zero-order valence-electron chi connectivity index (χ0n) is 11.1. The van der Waals surface area contributed by atoms with Gasteiger partial charge in [0.15, 0.2) is 0 Å². The summed E-state index contributed by atoms with van der Waals surface area (Å²) in [6.07, 6.45) is 7.18. The van der Waals surface area contributed by atoms with E-state index in [0.717, 1.165) is 12.0 Å². The summed E-state index contributed by atoms with van der Waals surface area (Å²) in [5, 5.41) is 0. The van der Waals surface area contributed by atoms with Crippen LogP contribution in [0.3, 0.4) is 0 Å². The third-order valence-electron chi connectivity index (χ3n) is 4.34. The molecule has 94 valence electrons. The Morgan fingerprint density at radius 2 is 1.56 bits per heavy atom. The van der Waals surface area contributed by atoms with E-state index in [1.54, 1.807) is 0 Å². The number of likely N-dealkylation sites (tertiary alicyclic amines) is 2. The van der Waals surface area contributed by atoms with Crippen LogP contribution < -0.4 is 0 Å². The molecule has 0 unspecified atom stereocenters. The standard InChI is InChI=1S/C14H28N2/c1-13(2)16-10-6-14(7-11-16)12-15-8-4-3-5-9-15/h13-14H,3-12H2,1-2H3. The van der Waals surface area contributed by atoms with Gasteiger partial charge in [0.25, 0.3) is 0 Å². The largest absolute Gasteiger partial charge is 0.303 e. The minimum Gasteiger partial charge on any atom is -0.303 e. The number of piperidine rings is 2. The number of hydrogen-bond acceptors (Lipinski definition) is 2. The van der Waals surface area contributed by atoms with Crippen molar-refractivity contribution in [3.63, 3.8) is 0 Å². The van der Waals surface area contributed by atoms with E-state index < -0.39 is 0 Å². The molecule has 0 N–H and O–H groups in total. The average molecular weight is 224 g/mol. The molecule has 0 bridgehead atoms. The van der Waals surface area contributed by atoms with Crippen molar-refractivity contribution in [1.29, 1.82) is 0 Å². The quantitative estimate of drug-likeness (QED) is 0.727. The van der Waals surface area contributed by atoms with Crippen LogP contribution in [-0.2, 0) is 0 Å². The van der Waals surface area contributed by atoms with E-state index in [9.17, 15) is 0 Å². The molecule has 2 heterocycles. The van der Waals surface area contributed by atoms with Crippen LogP contribution in [0, 0.1) is 5.92 Å². The fraction of sp³-hybridized carbons (Fsp3) is 1.00. The molecule has 0 aliphatic carbocycles. The summed E-state index contributed by atoms with van der Waals surface area (Å²) in [4.78, 5) is 5.34. The Labute approximate surface area is 101 Å². The van der Waals surface area contributed by atoms with E-state index in [1.165, 1.54) is 64.8 Å². The Kier molecular flexibility index (Phi) is 4.66. The highest BCUT2D eigenvalue weighted by Crippen LogP contribution is 2.21. The van der Waals surface area contributed by atoms with Crippen LogP contribution in [0.2, 0.25) is 0 Å². The van der Waals surface area contributed by atoms with E-state index >= 15 is 0 Å². The predicted molar refractivity (Wildman–Crippen MR) is 69.7 cm³/mol. The van der Waals surface area contributed by atoms with Crippen molar-refractivity contribution in [3.8, 4) is 0 Å². The van der Waals surface area contributed by atoms with Gasteiger partial charge in [-0.3, -0.25) is 0 Å². The normalized spacial score (nSPS) is 26.4. The van der Waals surface area contributed by atoms with Crippen molar-refractivity contribution in [2.45, 2.75) is 52.0 Å². The third-order valence-corrected chi connectivity index (χ3v) is 4.34. The summed E-state index contributed by atoms with van der Waals surface area (Å²) < 4.78 is 0. The molecule has 2 rings (SSSR count). The lowest BCUT2D eigenvalue weighted by Crippen LogP contribution is -2.42. The number of rotatable bonds is 3. The fourth-order valence-electron chi connectivity index (χ4n) is 3.16. The van der Waals surface area contributed by atoms with Crippen molar-refractivity contribution < 1.29 is 0 Å². The van der Waals surface area contributed by atoms with Crippen LogP contribution in [-0.4, -0.2) is 48.6 Å². The van der Waals surface area contributed by atoms with Crippen molar-refractivity contribution in [3.05, 3.63) is 0 Å². The highest BCUT2D eigenvalue weighted by atomic mass is 15.2. The van der Waals surface area contributed by atoms with Gasteiger partial charge in [-0.15, -0.1) is 0 Å². The molecule has 0 spiro atoms. The molecule has 2 fully saturated rings. The lowest BCUT2D eigenvalue weighted by atomic mass is 9.94. The topological polar surface area (TPSA) is 6.48 Å². The molecule has 0 aromatic rings. The summed E-state index contributed by atoms with van der Waals surface area (Å²) >= 11 is 0. The first kappa shape index (κ1) is 12.4. The van der Waals surface area contributed by atoms with Gasteiger partial charge >= 0.3 is 0 Å². The number of nitrogens with zero attached hydrogens (tertiary/aromatic N) is 2. The molecule has 16 heavy (non-hydrogen) atoms. The second-order valence-electron chi connectivity index (χ2n) is 5.93. The Hall–Kier alpha value is -0.0800. The lowest BCUT2D eigenvalue weighted by molar-refractivity contribution is 0.114. The van der Waals surface area contributed by atoms with Crippen LogP contribution >= 0.6 is 0 Å². The molecule has 2 aliphatic heterocycles. The first-order valence-corrected chi connectivity index (χ1v) is 7.22. The van der Waals surface area contributed by atoms with E-state index in [-0.39, 0.29) is 0 Å². The summed E-state index contributed by atoms with van der Waals surface area (Å²) in [6.45, 7) is 11.4. The number of hydrogen-bond donors (Lipinski definition) is 0. The van der Waals surface area contributed by atoms with Gasteiger partial charge in [-0.05, 0) is 71.6 Å². The maximum absolute atomic E-state index is 2.71. The van der Waals surface area contributed by atoms with Crippen LogP contribution in [0.15, 0.2) is 0 Å². The first-order valence-electron chi connectivity index (χ1n) is 7.22. The molecule has 0 atom stereocenters. The fourth-order valence-corrected chi connectivity index (χ4v) is 3.16. The molecule has 0 radical (unpaired) electrons. The van der Waals surface area contributed by atoms with Gasteiger partial charge in [0.2, 0.25) is 0 Å². The summed E-state index contributed by atoms with van der Waals surface area (Å²) in [5.41, 5.74) is 0. The van der Waals surface area contributed by atoms with Crippen LogP contribution in [0.4, 0.5) is 0 Å². The monoisotopic (exact) mass is 224 g/mol. The van der Waals surface area contributed by atoms with Gasteiger partial charge in [-0.2, -0.15) is 0 Å². The molecule has 0 aromatic heterocycles. The maximum Gasteiger partial charge on any atom is 0.00385 e. The molecule has 0 aromatic carbocycles. The molecule has 0 amide bonds. The van der Waals surface area contributed by atoms with Gasteiger partial charge in [-0.25, -0.2) is 0 Å². The highest BCUT2D eigenvalue weighted by molar-refractivity contribution is 4.77. The Bertz CT molecular complexity index is 189. The molecule has 2 aliphatic rings. The second-order valence-corrected chi connectivity index (χ2v) is 5.93. The Morgan fingerprint density at radius 3 is 2.12 bits per heavy atom. The zero-order valence-corrected chi connectivity index (χ0v) is 11.1. The molecule has 0 saturated carbocycles. The summed E-state index contributed by atoms with van der Waals surface area (Å²) in [5.74, 6) is 0.980. The van der Waals surface area contributed by atoms with Crippen molar-refractivity contribution in [2.75, 3.05) is 32.7 Å². The maximum atomic E-state index is 2.71. The third kappa shape index (κ3) is 3.46. The first-order chi connectivity index (χ1) is 7.75. The predicted octanol–water partition coefficient (Wildman–Crippen LogP) is 2.59. The van der Waals surface area contributed by atoms with Crippen LogP contribution in [0.25, 0.3) is 0 Å². The molecular formula is C14H28N2. The van der Waals surface area contributed by atoms with Crippen molar-refractivity contribution in [2.24, 2.45) is 5.92 Å². The van der Waals surface area contributed by atoms with Crippen LogP contribution in [0.1, 0.15) is 46.0 Å². The van der Waals surface area contributed by atoms with E-state index in [2.05, 4.69) is 23.6 Å². The summed E-state index contributed by atoms with van der Waals surface area (Å²) in [7, 11) is 0. The van der Waals surface area contributed by atoms with Gasteiger partial charge in [0.1, 0.15) is 0 Å². The molecular weight excluding hydrogens is 196 g/mol. The van der Waals surface area contributed by atoms with E-state index in [1.807, 2.05) is 0 Å². The van der Waals surface area contributed by atoms with E-state index in [0.29, 0.717) is 0 Å². The SMILES string of the molecule is CC(C)N1CCC(CN2CCCCC2)CC1. The minimum atomic E-state index is 0.746. The van der Waals surface area contributed by atoms with Gasteiger partial charge in [0.05, 0.1) is 0 Å². The van der Waals surface area contributed by atoms with Crippen molar-refractivity contribution >= 4 is 0 Å². The van der Waals surface area contributed by atoms with Crippen LogP contribution in [0.5, 0.6) is 0 Å². The second kappa shape index (κ2) is 6.02. The molecule has 2 heteroatoms. The van der Waals surface area contributed by atoms with Gasteiger partial charge in [0, 0.05) is 12.6 Å². The minimum absolute atomic E-state index is 0.746. The average Bonchev–Trinajstić information content (AvgIpc) is 2.31. The van der Waals surface area contributed by atoms with E-state index in [4.69, 9.17) is 0 Å². The zero-order chi connectivity index (χ0) is 11.4. The Balaban J connectivity index is 1.68. The molecule has 2 saturated heterocycles. The lowest BCUT2D eigenvalue weighted by Gasteiger charge is -2.37. The smallest absolute Gasteiger partial charge is 0.00385 e.